The molecule has 0 atom stereocenters. The summed E-state index contributed by atoms with van der Waals surface area (Å²) in [6.07, 6.45) is 4.34. The lowest BCUT2D eigenvalue weighted by atomic mass is 10.3. The van der Waals surface area contributed by atoms with Crippen LogP contribution in [0.3, 0.4) is 0 Å². The minimum atomic E-state index is -0.499. The zero-order valence-corrected chi connectivity index (χ0v) is 8.61. The number of nitro benzene ring substituents is 1. The lowest BCUT2D eigenvalue weighted by Crippen LogP contribution is -2.17. The third-order valence-corrected chi connectivity index (χ3v) is 2.07. The van der Waals surface area contributed by atoms with Crippen LogP contribution in [0.4, 0.5) is 16.2 Å². The minimum Gasteiger partial charge on any atom is -0.307 e. The number of amides is 1. The van der Waals surface area contributed by atoms with Crippen molar-refractivity contribution in [2.75, 3.05) is 5.32 Å². The Morgan fingerprint density at radius 3 is 2.59 bits per heavy atom. The highest BCUT2D eigenvalue weighted by atomic mass is 16.6. The van der Waals surface area contributed by atoms with Crippen LogP contribution in [0.5, 0.6) is 0 Å². The number of rotatable bonds is 2. The molecule has 2 rings (SSSR count). The highest BCUT2D eigenvalue weighted by Crippen LogP contribution is 2.15. The second-order valence-corrected chi connectivity index (χ2v) is 3.20. The Hall–Kier alpha value is -2.70. The topological polar surface area (TPSA) is 90.1 Å². The van der Waals surface area contributed by atoms with Crippen LogP contribution < -0.4 is 5.32 Å². The van der Waals surface area contributed by atoms with E-state index in [1.807, 2.05) is 0 Å². The molecular formula is C10H8N4O3. The summed E-state index contributed by atoms with van der Waals surface area (Å²) in [6.45, 7) is 0. The first-order valence-electron chi connectivity index (χ1n) is 4.70. The third kappa shape index (κ3) is 2.46. The van der Waals surface area contributed by atoms with E-state index in [4.69, 9.17) is 0 Å². The number of aromatic nitrogens is 2. The molecule has 7 nitrogen and oxygen atoms in total. The fourth-order valence-electron chi connectivity index (χ4n) is 1.23. The van der Waals surface area contributed by atoms with E-state index in [2.05, 4.69) is 10.3 Å². The Morgan fingerprint density at radius 2 is 2.06 bits per heavy atom. The molecule has 7 heteroatoms. The lowest BCUT2D eigenvalue weighted by molar-refractivity contribution is -0.384. The maximum atomic E-state index is 11.6. The maximum absolute atomic E-state index is 11.6. The number of nitro groups is 1. The molecule has 0 radical (unpaired) electrons. The molecule has 2 aromatic rings. The molecule has 1 aromatic carbocycles. The Morgan fingerprint density at radius 1 is 1.35 bits per heavy atom. The second-order valence-electron chi connectivity index (χ2n) is 3.20. The van der Waals surface area contributed by atoms with E-state index in [0.29, 0.717) is 5.69 Å². The van der Waals surface area contributed by atoms with E-state index < -0.39 is 4.92 Å². The van der Waals surface area contributed by atoms with E-state index in [1.165, 1.54) is 47.6 Å². The molecule has 1 aromatic heterocycles. The Bertz CT molecular complexity index is 533. The molecule has 86 valence electrons. The molecule has 1 N–H and O–H groups in total. The Labute approximate surface area is 95.9 Å². The van der Waals surface area contributed by atoms with Crippen molar-refractivity contribution < 1.29 is 9.72 Å². The van der Waals surface area contributed by atoms with Gasteiger partial charge in [-0.05, 0) is 12.1 Å². The summed E-state index contributed by atoms with van der Waals surface area (Å²) in [5, 5.41) is 13.0. The number of carbonyl (C=O) groups is 1. The lowest BCUT2D eigenvalue weighted by Gasteiger charge is -2.04. The van der Waals surface area contributed by atoms with E-state index in [1.54, 1.807) is 0 Å². The summed E-state index contributed by atoms with van der Waals surface area (Å²) in [6, 6.07) is 5.20. The summed E-state index contributed by atoms with van der Waals surface area (Å²) in [5.41, 5.74) is 0.458. The van der Waals surface area contributed by atoms with Gasteiger partial charge in [-0.15, -0.1) is 0 Å². The third-order valence-electron chi connectivity index (χ3n) is 2.07. The predicted octanol–water partition coefficient (Wildman–Crippen LogP) is 1.87. The van der Waals surface area contributed by atoms with E-state index in [9.17, 15) is 14.9 Å². The monoisotopic (exact) mass is 232 g/mol. The van der Waals surface area contributed by atoms with Crippen LogP contribution in [0.25, 0.3) is 0 Å². The molecule has 0 fully saturated rings. The number of imidazole rings is 1. The van der Waals surface area contributed by atoms with Crippen LogP contribution in [0.2, 0.25) is 0 Å². The SMILES string of the molecule is O=C(Nc1ccc([N+](=O)[O-])cc1)n1ccnc1. The standard InChI is InChI=1S/C10H8N4O3/c15-10(13-6-5-11-7-13)12-8-1-3-9(4-2-8)14(16)17/h1-7H,(H,12,15). The second kappa shape index (κ2) is 4.44. The molecular weight excluding hydrogens is 224 g/mol. The number of anilines is 1. The van der Waals surface area contributed by atoms with Gasteiger partial charge in [0.1, 0.15) is 6.33 Å². The minimum absolute atomic E-state index is 0.0226. The molecule has 0 aliphatic carbocycles. The van der Waals surface area contributed by atoms with Gasteiger partial charge in [0.25, 0.3) is 5.69 Å². The Balaban J connectivity index is 2.09. The number of benzene rings is 1. The Kier molecular flexibility index (Phi) is 2.82. The molecule has 17 heavy (non-hydrogen) atoms. The van der Waals surface area contributed by atoms with Gasteiger partial charge in [-0.3, -0.25) is 14.7 Å². The number of carbonyl (C=O) groups excluding carboxylic acids is 1. The molecule has 0 spiro atoms. The van der Waals surface area contributed by atoms with Crippen molar-refractivity contribution in [1.29, 1.82) is 0 Å². The van der Waals surface area contributed by atoms with Crippen molar-refractivity contribution in [2.45, 2.75) is 0 Å². The van der Waals surface area contributed by atoms with Gasteiger partial charge in [-0.1, -0.05) is 0 Å². The quantitative estimate of drug-likeness (QED) is 0.632. The van der Waals surface area contributed by atoms with Crippen LogP contribution in [0.1, 0.15) is 0 Å². The maximum Gasteiger partial charge on any atom is 0.331 e. The highest BCUT2D eigenvalue weighted by Gasteiger charge is 2.06. The van der Waals surface area contributed by atoms with Gasteiger partial charge in [0.05, 0.1) is 4.92 Å². The van der Waals surface area contributed by atoms with Gasteiger partial charge in [0.15, 0.2) is 0 Å². The largest absolute Gasteiger partial charge is 0.331 e. The van der Waals surface area contributed by atoms with Gasteiger partial charge in [0, 0.05) is 30.2 Å². The summed E-state index contributed by atoms with van der Waals surface area (Å²) < 4.78 is 1.27. The molecule has 0 saturated heterocycles. The molecule has 0 aliphatic rings. The van der Waals surface area contributed by atoms with E-state index in [0.717, 1.165) is 0 Å². The predicted molar refractivity (Wildman–Crippen MR) is 59.7 cm³/mol. The van der Waals surface area contributed by atoms with Crippen molar-refractivity contribution in [3.05, 3.63) is 53.1 Å². The first kappa shape index (κ1) is 10.8. The highest BCUT2D eigenvalue weighted by molar-refractivity contribution is 5.90. The van der Waals surface area contributed by atoms with Gasteiger partial charge in [-0.2, -0.15) is 0 Å². The fourth-order valence-corrected chi connectivity index (χ4v) is 1.23. The molecule has 0 aliphatic heterocycles. The first-order chi connectivity index (χ1) is 8.16. The number of nitrogens with one attached hydrogen (secondary N) is 1. The summed E-state index contributed by atoms with van der Waals surface area (Å²) in [4.78, 5) is 25.2. The summed E-state index contributed by atoms with van der Waals surface area (Å²) in [5.74, 6) is 0. The molecule has 0 saturated carbocycles. The van der Waals surface area contributed by atoms with Gasteiger partial charge in [-0.25, -0.2) is 9.78 Å². The zero-order valence-electron chi connectivity index (χ0n) is 8.61. The van der Waals surface area contributed by atoms with Crippen LogP contribution in [0.15, 0.2) is 43.0 Å². The van der Waals surface area contributed by atoms with E-state index >= 15 is 0 Å². The molecule has 1 heterocycles. The average molecular weight is 232 g/mol. The van der Waals surface area contributed by atoms with Crippen LogP contribution in [-0.4, -0.2) is 20.5 Å². The van der Waals surface area contributed by atoms with Crippen molar-refractivity contribution in [3.8, 4) is 0 Å². The van der Waals surface area contributed by atoms with Gasteiger partial charge in [0.2, 0.25) is 0 Å². The number of hydrogen-bond donors (Lipinski definition) is 1. The average Bonchev–Trinajstić information content (AvgIpc) is 2.83. The van der Waals surface area contributed by atoms with Crippen LogP contribution in [0, 0.1) is 10.1 Å². The number of nitrogens with zero attached hydrogens (tertiary/aromatic N) is 3. The normalized spacial score (nSPS) is 9.88. The summed E-state index contributed by atoms with van der Waals surface area (Å²) >= 11 is 0. The smallest absolute Gasteiger partial charge is 0.307 e. The van der Waals surface area contributed by atoms with Gasteiger partial charge < -0.3 is 5.32 Å². The van der Waals surface area contributed by atoms with Crippen molar-refractivity contribution in [3.63, 3.8) is 0 Å². The molecule has 0 bridgehead atoms. The first-order valence-corrected chi connectivity index (χ1v) is 4.70. The summed E-state index contributed by atoms with van der Waals surface area (Å²) in [7, 11) is 0. The fraction of sp³-hybridized carbons (Fsp3) is 0. The molecule has 0 unspecified atom stereocenters. The van der Waals surface area contributed by atoms with Crippen molar-refractivity contribution in [1.82, 2.24) is 9.55 Å². The van der Waals surface area contributed by atoms with Crippen LogP contribution in [-0.2, 0) is 0 Å². The molecule has 1 amide bonds. The number of non-ortho nitro benzene ring substituents is 1. The zero-order chi connectivity index (χ0) is 12.3. The van der Waals surface area contributed by atoms with Crippen molar-refractivity contribution >= 4 is 17.4 Å². The van der Waals surface area contributed by atoms with Gasteiger partial charge >= 0.3 is 6.03 Å². The van der Waals surface area contributed by atoms with Crippen LogP contribution >= 0.6 is 0 Å². The van der Waals surface area contributed by atoms with E-state index in [-0.39, 0.29) is 11.7 Å². The number of hydrogen-bond acceptors (Lipinski definition) is 4. The van der Waals surface area contributed by atoms with Crippen molar-refractivity contribution in [2.24, 2.45) is 0 Å².